The van der Waals surface area contributed by atoms with Gasteiger partial charge in [-0.05, 0) is 46.4 Å². The van der Waals surface area contributed by atoms with Crippen molar-refractivity contribution >= 4 is 55.5 Å². The van der Waals surface area contributed by atoms with Gasteiger partial charge in [0.15, 0.2) is 0 Å². The number of hydrogen-bond donors (Lipinski definition) is 1. The third kappa shape index (κ3) is 5.86. The van der Waals surface area contributed by atoms with Gasteiger partial charge in [-0.25, -0.2) is 4.79 Å². The van der Waals surface area contributed by atoms with Crippen LogP contribution in [0.25, 0.3) is 0 Å². The smallest absolute Gasteiger partial charge is 0.341 e. The van der Waals surface area contributed by atoms with Crippen LogP contribution in [0.3, 0.4) is 0 Å². The van der Waals surface area contributed by atoms with E-state index in [4.69, 9.17) is 4.74 Å². The van der Waals surface area contributed by atoms with Gasteiger partial charge >= 0.3 is 5.97 Å². The second-order valence-corrected chi connectivity index (χ2v) is 9.65. The van der Waals surface area contributed by atoms with E-state index >= 15 is 0 Å². The van der Waals surface area contributed by atoms with E-state index in [1.54, 1.807) is 29.7 Å². The van der Waals surface area contributed by atoms with Crippen molar-refractivity contribution in [1.82, 2.24) is 9.80 Å². The zero-order valence-electron chi connectivity index (χ0n) is 15.1. The molecule has 9 heteroatoms. The number of amides is 1. The summed E-state index contributed by atoms with van der Waals surface area (Å²) in [5.74, 6) is -0.499. The minimum absolute atomic E-state index is 0.0985. The lowest BCUT2D eigenvalue weighted by Crippen LogP contribution is -2.48. The molecule has 0 spiro atoms. The van der Waals surface area contributed by atoms with Crippen LogP contribution in [0.2, 0.25) is 0 Å². The molecule has 0 aromatic carbocycles. The molecule has 6 nitrogen and oxygen atoms in total. The molecule has 1 amide bonds. The molecule has 3 heterocycles. The summed E-state index contributed by atoms with van der Waals surface area (Å²) in [7, 11) is 0. The maximum atomic E-state index is 12.4. The van der Waals surface area contributed by atoms with Crippen molar-refractivity contribution in [3.8, 4) is 0 Å². The number of ether oxygens (including phenoxy) is 1. The second kappa shape index (κ2) is 9.79. The number of piperazine rings is 1. The molecule has 0 radical (unpaired) electrons. The van der Waals surface area contributed by atoms with E-state index in [-0.39, 0.29) is 5.91 Å². The lowest BCUT2D eigenvalue weighted by Gasteiger charge is -2.33. The largest absolute Gasteiger partial charge is 0.462 e. The first-order valence-corrected chi connectivity index (χ1v) is 11.3. The predicted octanol–water partition coefficient (Wildman–Crippen LogP) is 3.51. The molecule has 0 aliphatic carbocycles. The highest BCUT2D eigenvalue weighted by Gasteiger charge is 2.21. The number of carbonyl (C=O) groups is 2. The van der Waals surface area contributed by atoms with Gasteiger partial charge in [0, 0.05) is 37.6 Å². The van der Waals surface area contributed by atoms with Crippen molar-refractivity contribution in [3.63, 3.8) is 0 Å². The van der Waals surface area contributed by atoms with Gasteiger partial charge in [0.2, 0.25) is 5.91 Å². The number of rotatable bonds is 7. The van der Waals surface area contributed by atoms with Crippen molar-refractivity contribution in [2.45, 2.75) is 13.5 Å². The Labute approximate surface area is 175 Å². The highest BCUT2D eigenvalue weighted by molar-refractivity contribution is 9.11. The van der Waals surface area contributed by atoms with E-state index < -0.39 is 5.97 Å². The molecule has 1 fully saturated rings. The Kier molecular flexibility index (Phi) is 7.42. The van der Waals surface area contributed by atoms with Crippen LogP contribution >= 0.6 is 38.6 Å². The zero-order valence-corrected chi connectivity index (χ0v) is 18.3. The molecule has 0 atom stereocenters. The number of carbonyl (C=O) groups excluding carboxylic acids is 2. The molecule has 1 aliphatic heterocycles. The Morgan fingerprint density at radius 2 is 1.93 bits per heavy atom. The van der Waals surface area contributed by atoms with Crippen LogP contribution in [0.4, 0.5) is 5.00 Å². The Morgan fingerprint density at radius 1 is 1.19 bits per heavy atom. The fraction of sp³-hybridized carbons (Fsp3) is 0.444. The molecule has 1 saturated heterocycles. The Morgan fingerprint density at radius 3 is 2.59 bits per heavy atom. The maximum absolute atomic E-state index is 12.4. The molecular weight excluding hydrogens is 450 g/mol. The minimum Gasteiger partial charge on any atom is -0.462 e. The standard InChI is InChI=1S/C18H22BrN3O3S2/c1-2-25-18(24)14-5-10-26-17(14)20-16(23)12-22-8-6-21(7-9-22)11-13-3-4-15(19)27-13/h3-5,10H,2,6-9,11-12H2,1H3,(H,20,23). The number of anilines is 1. The van der Waals surface area contributed by atoms with Crippen molar-refractivity contribution in [1.29, 1.82) is 0 Å². The topological polar surface area (TPSA) is 61.9 Å². The highest BCUT2D eigenvalue weighted by Crippen LogP contribution is 2.25. The molecule has 146 valence electrons. The van der Waals surface area contributed by atoms with E-state index in [9.17, 15) is 9.59 Å². The summed E-state index contributed by atoms with van der Waals surface area (Å²) >= 11 is 6.60. The lowest BCUT2D eigenvalue weighted by molar-refractivity contribution is -0.117. The fourth-order valence-electron chi connectivity index (χ4n) is 2.91. The van der Waals surface area contributed by atoms with Crippen molar-refractivity contribution in [3.05, 3.63) is 37.8 Å². The molecule has 0 saturated carbocycles. The number of halogens is 1. The number of nitrogens with one attached hydrogen (secondary N) is 1. The van der Waals surface area contributed by atoms with Gasteiger partial charge in [-0.15, -0.1) is 22.7 Å². The molecule has 2 aromatic heterocycles. The van der Waals surface area contributed by atoms with Gasteiger partial charge in [-0.3, -0.25) is 14.6 Å². The van der Waals surface area contributed by atoms with Gasteiger partial charge in [0.05, 0.1) is 22.5 Å². The molecule has 0 unspecified atom stereocenters. The van der Waals surface area contributed by atoms with Gasteiger partial charge in [0.1, 0.15) is 5.00 Å². The highest BCUT2D eigenvalue weighted by atomic mass is 79.9. The van der Waals surface area contributed by atoms with Crippen LogP contribution in [0.15, 0.2) is 27.4 Å². The van der Waals surface area contributed by atoms with Gasteiger partial charge < -0.3 is 10.1 Å². The third-order valence-corrected chi connectivity index (χ3v) is 6.69. The zero-order chi connectivity index (χ0) is 19.2. The first-order chi connectivity index (χ1) is 13.0. The monoisotopic (exact) mass is 471 g/mol. The van der Waals surface area contributed by atoms with Crippen molar-refractivity contribution < 1.29 is 14.3 Å². The van der Waals surface area contributed by atoms with Gasteiger partial charge in [-0.2, -0.15) is 0 Å². The summed E-state index contributed by atoms with van der Waals surface area (Å²) in [6.45, 7) is 6.96. The number of nitrogens with zero attached hydrogens (tertiary/aromatic N) is 2. The maximum Gasteiger partial charge on any atom is 0.341 e. The summed E-state index contributed by atoms with van der Waals surface area (Å²) in [5, 5.41) is 5.19. The van der Waals surface area contributed by atoms with Crippen LogP contribution in [0.1, 0.15) is 22.2 Å². The fourth-order valence-corrected chi connectivity index (χ4v) is 5.22. The van der Waals surface area contributed by atoms with E-state index in [2.05, 4.69) is 43.2 Å². The van der Waals surface area contributed by atoms with Crippen molar-refractivity contribution in [2.24, 2.45) is 0 Å². The van der Waals surface area contributed by atoms with Gasteiger partial charge in [-0.1, -0.05) is 0 Å². The molecule has 2 aromatic rings. The average molecular weight is 472 g/mol. The lowest BCUT2D eigenvalue weighted by atomic mass is 10.3. The normalized spacial score (nSPS) is 15.6. The Bertz CT molecular complexity index is 784. The summed E-state index contributed by atoms with van der Waals surface area (Å²) in [6.07, 6.45) is 0. The Balaban J connectivity index is 1.44. The summed E-state index contributed by atoms with van der Waals surface area (Å²) in [6, 6.07) is 5.91. The van der Waals surface area contributed by atoms with Gasteiger partial charge in [0.25, 0.3) is 0 Å². The number of thiophene rings is 2. The first-order valence-electron chi connectivity index (χ1n) is 8.78. The van der Waals surface area contributed by atoms with Crippen molar-refractivity contribution in [2.75, 3.05) is 44.6 Å². The van der Waals surface area contributed by atoms with E-state index in [1.807, 2.05) is 0 Å². The van der Waals surface area contributed by atoms with Crippen LogP contribution in [0, 0.1) is 0 Å². The summed E-state index contributed by atoms with van der Waals surface area (Å²) < 4.78 is 6.18. The van der Waals surface area contributed by atoms with Crippen LogP contribution in [-0.2, 0) is 16.1 Å². The van der Waals surface area contributed by atoms with Crippen LogP contribution < -0.4 is 5.32 Å². The molecule has 1 aliphatic rings. The van der Waals surface area contributed by atoms with Crippen LogP contribution in [0.5, 0.6) is 0 Å². The molecule has 27 heavy (non-hydrogen) atoms. The molecule has 1 N–H and O–H groups in total. The second-order valence-electron chi connectivity index (χ2n) is 6.19. The summed E-state index contributed by atoms with van der Waals surface area (Å²) in [5.41, 5.74) is 0.419. The van der Waals surface area contributed by atoms with Crippen LogP contribution in [-0.4, -0.2) is 61.0 Å². The Hall–Kier alpha value is -1.26. The molecular formula is C18H22BrN3O3S2. The SMILES string of the molecule is CCOC(=O)c1ccsc1NC(=O)CN1CCN(Cc2ccc(Br)s2)CC1. The summed E-state index contributed by atoms with van der Waals surface area (Å²) in [4.78, 5) is 30.2. The number of hydrogen-bond acceptors (Lipinski definition) is 7. The average Bonchev–Trinajstić information content (AvgIpc) is 3.26. The first kappa shape index (κ1) is 20.5. The quantitative estimate of drug-likeness (QED) is 0.626. The number of esters is 1. The molecule has 0 bridgehead atoms. The molecule has 3 rings (SSSR count). The minimum atomic E-state index is -0.400. The predicted molar refractivity (Wildman–Crippen MR) is 113 cm³/mol. The van der Waals surface area contributed by atoms with E-state index in [1.165, 1.54) is 16.2 Å². The van der Waals surface area contributed by atoms with E-state index in [0.29, 0.717) is 23.7 Å². The third-order valence-electron chi connectivity index (χ3n) is 4.25. The van der Waals surface area contributed by atoms with E-state index in [0.717, 1.165) is 36.5 Å².